The van der Waals surface area contributed by atoms with Crippen molar-refractivity contribution in [2.75, 3.05) is 13.2 Å². The lowest BCUT2D eigenvalue weighted by Gasteiger charge is -2.19. The SMILES string of the molecule is CC(C)/C=N/OC1CCOCC1. The van der Waals surface area contributed by atoms with E-state index in [1.165, 1.54) is 0 Å². The molecule has 0 N–H and O–H groups in total. The van der Waals surface area contributed by atoms with Crippen LogP contribution in [0.5, 0.6) is 0 Å². The summed E-state index contributed by atoms with van der Waals surface area (Å²) < 4.78 is 5.20. The van der Waals surface area contributed by atoms with Crippen LogP contribution in [0.1, 0.15) is 26.7 Å². The molecular formula is C9H17NO2. The highest BCUT2D eigenvalue weighted by atomic mass is 16.6. The number of hydrogen-bond acceptors (Lipinski definition) is 3. The fourth-order valence-corrected chi connectivity index (χ4v) is 1.02. The molecule has 1 aliphatic heterocycles. The van der Waals surface area contributed by atoms with Crippen molar-refractivity contribution in [3.05, 3.63) is 0 Å². The summed E-state index contributed by atoms with van der Waals surface area (Å²) in [5.41, 5.74) is 0. The van der Waals surface area contributed by atoms with Crippen molar-refractivity contribution in [3.8, 4) is 0 Å². The van der Waals surface area contributed by atoms with Gasteiger partial charge in [-0.15, -0.1) is 0 Å². The molecule has 0 atom stereocenters. The van der Waals surface area contributed by atoms with Gasteiger partial charge in [0.05, 0.1) is 13.2 Å². The summed E-state index contributed by atoms with van der Waals surface area (Å²) in [6.45, 7) is 5.78. The van der Waals surface area contributed by atoms with Gasteiger partial charge >= 0.3 is 0 Å². The molecule has 1 heterocycles. The Labute approximate surface area is 73.7 Å². The van der Waals surface area contributed by atoms with E-state index in [-0.39, 0.29) is 6.10 Å². The second-order valence-electron chi connectivity index (χ2n) is 3.42. The predicted octanol–water partition coefficient (Wildman–Crippen LogP) is 1.82. The Bertz CT molecular complexity index is 139. The van der Waals surface area contributed by atoms with Crippen LogP contribution in [0.15, 0.2) is 5.16 Å². The first-order valence-electron chi connectivity index (χ1n) is 4.56. The highest BCUT2D eigenvalue weighted by Crippen LogP contribution is 2.10. The molecule has 0 amide bonds. The first-order chi connectivity index (χ1) is 5.79. The minimum atomic E-state index is 0.272. The van der Waals surface area contributed by atoms with E-state index in [2.05, 4.69) is 19.0 Å². The highest BCUT2D eigenvalue weighted by Gasteiger charge is 2.14. The van der Waals surface area contributed by atoms with Gasteiger partial charge in [-0.25, -0.2) is 0 Å². The lowest BCUT2D eigenvalue weighted by Crippen LogP contribution is -2.21. The Morgan fingerprint density at radius 3 is 2.67 bits per heavy atom. The minimum Gasteiger partial charge on any atom is -0.393 e. The fraction of sp³-hybridized carbons (Fsp3) is 0.889. The van der Waals surface area contributed by atoms with Crippen LogP contribution >= 0.6 is 0 Å². The molecule has 0 aromatic rings. The second kappa shape index (κ2) is 5.14. The number of rotatable bonds is 3. The van der Waals surface area contributed by atoms with E-state index in [9.17, 15) is 0 Å². The van der Waals surface area contributed by atoms with Gasteiger partial charge in [0.2, 0.25) is 0 Å². The second-order valence-corrected chi connectivity index (χ2v) is 3.42. The van der Waals surface area contributed by atoms with Crippen LogP contribution in [0.4, 0.5) is 0 Å². The minimum absolute atomic E-state index is 0.272. The molecular weight excluding hydrogens is 154 g/mol. The maximum absolute atomic E-state index is 5.28. The van der Waals surface area contributed by atoms with Crippen molar-refractivity contribution >= 4 is 6.21 Å². The van der Waals surface area contributed by atoms with Crippen molar-refractivity contribution in [2.24, 2.45) is 11.1 Å². The van der Waals surface area contributed by atoms with Gasteiger partial charge in [-0.1, -0.05) is 19.0 Å². The first-order valence-corrected chi connectivity index (χ1v) is 4.56. The molecule has 0 aromatic heterocycles. The maximum atomic E-state index is 5.28. The summed E-state index contributed by atoms with van der Waals surface area (Å²) in [4.78, 5) is 5.28. The van der Waals surface area contributed by atoms with Crippen molar-refractivity contribution in [1.82, 2.24) is 0 Å². The van der Waals surface area contributed by atoms with Crippen LogP contribution in [-0.2, 0) is 9.57 Å². The molecule has 0 radical (unpaired) electrons. The van der Waals surface area contributed by atoms with Crippen molar-refractivity contribution in [3.63, 3.8) is 0 Å². The van der Waals surface area contributed by atoms with Crippen LogP contribution in [0.3, 0.4) is 0 Å². The zero-order valence-corrected chi connectivity index (χ0v) is 7.82. The van der Waals surface area contributed by atoms with E-state index in [4.69, 9.17) is 9.57 Å². The Morgan fingerprint density at radius 1 is 1.42 bits per heavy atom. The third-order valence-corrected chi connectivity index (χ3v) is 1.74. The summed E-state index contributed by atoms with van der Waals surface area (Å²) in [5.74, 6) is 0.463. The largest absolute Gasteiger partial charge is 0.393 e. The van der Waals surface area contributed by atoms with Gasteiger partial charge in [0, 0.05) is 19.1 Å². The standard InChI is InChI=1S/C9H17NO2/c1-8(2)7-10-12-9-3-5-11-6-4-9/h7-9H,3-6H2,1-2H3/b10-7+. The molecule has 3 nitrogen and oxygen atoms in total. The van der Waals surface area contributed by atoms with Crippen LogP contribution in [0.2, 0.25) is 0 Å². The Morgan fingerprint density at radius 2 is 2.08 bits per heavy atom. The van der Waals surface area contributed by atoms with E-state index in [1.807, 2.05) is 6.21 Å². The van der Waals surface area contributed by atoms with E-state index < -0.39 is 0 Å². The molecule has 1 rings (SSSR count). The van der Waals surface area contributed by atoms with Crippen LogP contribution in [-0.4, -0.2) is 25.5 Å². The van der Waals surface area contributed by atoms with Gasteiger partial charge in [-0.3, -0.25) is 0 Å². The quantitative estimate of drug-likeness (QED) is 0.479. The van der Waals surface area contributed by atoms with E-state index in [0.29, 0.717) is 5.92 Å². The van der Waals surface area contributed by atoms with E-state index in [0.717, 1.165) is 26.1 Å². The van der Waals surface area contributed by atoms with Crippen LogP contribution < -0.4 is 0 Å². The molecule has 1 fully saturated rings. The molecule has 70 valence electrons. The smallest absolute Gasteiger partial charge is 0.131 e. The van der Waals surface area contributed by atoms with Gasteiger partial charge in [0.1, 0.15) is 6.10 Å². The van der Waals surface area contributed by atoms with Gasteiger partial charge in [-0.05, 0) is 5.92 Å². The zero-order chi connectivity index (χ0) is 8.81. The van der Waals surface area contributed by atoms with Crippen LogP contribution in [0.25, 0.3) is 0 Å². The lowest BCUT2D eigenvalue weighted by atomic mass is 10.2. The van der Waals surface area contributed by atoms with Gasteiger partial charge in [0.25, 0.3) is 0 Å². The summed E-state index contributed by atoms with van der Waals surface area (Å²) in [7, 11) is 0. The normalized spacial score (nSPS) is 20.6. The molecule has 12 heavy (non-hydrogen) atoms. The number of nitrogens with zero attached hydrogens (tertiary/aromatic N) is 1. The third-order valence-electron chi connectivity index (χ3n) is 1.74. The molecule has 0 bridgehead atoms. The third kappa shape index (κ3) is 3.72. The van der Waals surface area contributed by atoms with Crippen molar-refractivity contribution < 1.29 is 9.57 Å². The molecule has 1 saturated heterocycles. The molecule has 0 aromatic carbocycles. The number of oxime groups is 1. The number of ether oxygens (including phenoxy) is 1. The number of hydrogen-bond donors (Lipinski definition) is 0. The highest BCUT2D eigenvalue weighted by molar-refractivity contribution is 5.58. The maximum Gasteiger partial charge on any atom is 0.131 e. The predicted molar refractivity (Wildman–Crippen MR) is 48.3 cm³/mol. The molecule has 0 aliphatic carbocycles. The van der Waals surface area contributed by atoms with E-state index >= 15 is 0 Å². The summed E-state index contributed by atoms with van der Waals surface area (Å²) in [5, 5.41) is 3.91. The molecule has 0 saturated carbocycles. The molecule has 3 heteroatoms. The van der Waals surface area contributed by atoms with Gasteiger partial charge in [-0.2, -0.15) is 0 Å². The molecule has 1 aliphatic rings. The zero-order valence-electron chi connectivity index (χ0n) is 7.82. The Kier molecular flexibility index (Phi) is 4.08. The Balaban J connectivity index is 2.12. The lowest BCUT2D eigenvalue weighted by molar-refractivity contribution is -0.0297. The van der Waals surface area contributed by atoms with Crippen LogP contribution in [0, 0.1) is 5.92 Å². The summed E-state index contributed by atoms with van der Waals surface area (Å²) in [6, 6.07) is 0. The molecule has 0 spiro atoms. The van der Waals surface area contributed by atoms with Gasteiger partial charge < -0.3 is 9.57 Å². The molecule has 0 unspecified atom stereocenters. The average Bonchev–Trinajstić information content (AvgIpc) is 2.05. The average molecular weight is 171 g/mol. The first kappa shape index (κ1) is 9.52. The fourth-order valence-electron chi connectivity index (χ4n) is 1.02. The Hall–Kier alpha value is -0.570. The van der Waals surface area contributed by atoms with Crippen molar-refractivity contribution in [2.45, 2.75) is 32.8 Å². The van der Waals surface area contributed by atoms with E-state index in [1.54, 1.807) is 0 Å². The van der Waals surface area contributed by atoms with Crippen molar-refractivity contribution in [1.29, 1.82) is 0 Å². The summed E-state index contributed by atoms with van der Waals surface area (Å²) >= 11 is 0. The summed E-state index contributed by atoms with van der Waals surface area (Å²) in [6.07, 6.45) is 4.04. The monoisotopic (exact) mass is 171 g/mol. The topological polar surface area (TPSA) is 30.8 Å². The van der Waals surface area contributed by atoms with Gasteiger partial charge in [0.15, 0.2) is 0 Å².